The van der Waals surface area contributed by atoms with Gasteiger partial charge in [0.1, 0.15) is 10.9 Å². The monoisotopic (exact) mass is 365 g/mol. The van der Waals surface area contributed by atoms with Gasteiger partial charge in [0.25, 0.3) is 5.91 Å². The second-order valence-electron chi connectivity index (χ2n) is 6.80. The van der Waals surface area contributed by atoms with Crippen molar-refractivity contribution in [3.8, 4) is 0 Å². The number of fused-ring (bicyclic) bond motifs is 1. The molecule has 25 heavy (non-hydrogen) atoms. The maximum Gasteiger partial charge on any atom is 0.262 e. The lowest BCUT2D eigenvalue weighted by atomic mass is 10.0. The predicted octanol–water partition coefficient (Wildman–Crippen LogP) is 1.55. The summed E-state index contributed by atoms with van der Waals surface area (Å²) in [6, 6.07) is 1.12. The molecule has 0 aromatic carbocycles. The Morgan fingerprint density at radius 1 is 1.32 bits per heavy atom. The fraction of sp³-hybridized carbons (Fsp3) is 0.588. The highest BCUT2D eigenvalue weighted by Crippen LogP contribution is 2.27. The van der Waals surface area contributed by atoms with Crippen LogP contribution in [-0.2, 0) is 11.8 Å². The minimum absolute atomic E-state index is 0.0788. The SMILES string of the molecule is Cc1nn(C)c2sc(C(=O)NC(C)C(=O)NC(CN)CC(C)C)cc12. The molecule has 0 aliphatic carbocycles. The Hall–Kier alpha value is -1.93. The molecule has 2 amide bonds. The van der Waals surface area contributed by atoms with Gasteiger partial charge in [-0.3, -0.25) is 14.3 Å². The highest BCUT2D eigenvalue weighted by molar-refractivity contribution is 7.20. The number of hydrogen-bond donors (Lipinski definition) is 3. The molecule has 0 aliphatic rings. The number of nitrogens with zero attached hydrogens (tertiary/aromatic N) is 2. The quantitative estimate of drug-likeness (QED) is 0.693. The molecule has 4 N–H and O–H groups in total. The van der Waals surface area contributed by atoms with Gasteiger partial charge < -0.3 is 16.4 Å². The van der Waals surface area contributed by atoms with Gasteiger partial charge in [-0.15, -0.1) is 11.3 Å². The minimum Gasteiger partial charge on any atom is -0.350 e. The molecule has 7 nitrogen and oxygen atoms in total. The molecule has 2 rings (SSSR count). The first kappa shape index (κ1) is 19.4. The van der Waals surface area contributed by atoms with E-state index in [1.165, 1.54) is 11.3 Å². The van der Waals surface area contributed by atoms with Crippen molar-refractivity contribution in [2.24, 2.45) is 18.7 Å². The second kappa shape index (κ2) is 7.97. The zero-order valence-corrected chi connectivity index (χ0v) is 16.2. The first-order chi connectivity index (χ1) is 11.7. The molecular formula is C17H27N5O2S. The zero-order chi connectivity index (χ0) is 18.7. The van der Waals surface area contributed by atoms with Crippen molar-refractivity contribution in [3.63, 3.8) is 0 Å². The lowest BCUT2D eigenvalue weighted by Gasteiger charge is -2.21. The molecular weight excluding hydrogens is 338 g/mol. The van der Waals surface area contributed by atoms with E-state index in [-0.39, 0.29) is 17.9 Å². The normalized spacial score (nSPS) is 13.9. The smallest absolute Gasteiger partial charge is 0.262 e. The molecule has 2 aromatic rings. The van der Waals surface area contributed by atoms with E-state index < -0.39 is 6.04 Å². The van der Waals surface area contributed by atoms with Crippen LogP contribution in [0.4, 0.5) is 0 Å². The average Bonchev–Trinajstić information content (AvgIpc) is 3.08. The Bertz CT molecular complexity index is 730. The van der Waals surface area contributed by atoms with Gasteiger partial charge in [-0.05, 0) is 32.3 Å². The summed E-state index contributed by atoms with van der Waals surface area (Å²) in [4.78, 5) is 26.3. The molecule has 2 aromatic heterocycles. The van der Waals surface area contributed by atoms with Crippen molar-refractivity contribution in [1.29, 1.82) is 0 Å². The Labute approximate surface area is 152 Å². The number of nitrogens with two attached hydrogens (primary N) is 1. The number of aryl methyl sites for hydroxylation is 2. The molecule has 2 atom stereocenters. The third-order valence-corrected chi connectivity index (χ3v) is 5.25. The van der Waals surface area contributed by atoms with Gasteiger partial charge in [0.15, 0.2) is 0 Å². The summed E-state index contributed by atoms with van der Waals surface area (Å²) < 4.78 is 1.76. The van der Waals surface area contributed by atoms with E-state index in [1.54, 1.807) is 11.6 Å². The van der Waals surface area contributed by atoms with Crippen LogP contribution in [0.2, 0.25) is 0 Å². The molecule has 8 heteroatoms. The number of nitrogens with one attached hydrogen (secondary N) is 2. The standard InChI is InChI=1S/C17H27N5O2S/c1-9(2)6-12(8-18)20-15(23)11(4)19-16(24)14-7-13-10(3)21-22(5)17(13)25-14/h7,9,11-12H,6,8,18H2,1-5H3,(H,19,24)(H,20,23). The van der Waals surface area contributed by atoms with Crippen LogP contribution in [0.3, 0.4) is 0 Å². The molecule has 0 aliphatic heterocycles. The number of amides is 2. The average molecular weight is 366 g/mol. The fourth-order valence-electron chi connectivity index (χ4n) is 2.76. The van der Waals surface area contributed by atoms with Crippen LogP contribution >= 0.6 is 11.3 Å². The molecule has 0 radical (unpaired) electrons. The van der Waals surface area contributed by atoms with Crippen LogP contribution < -0.4 is 16.4 Å². The van der Waals surface area contributed by atoms with Gasteiger partial charge in [0.2, 0.25) is 5.91 Å². The minimum atomic E-state index is -0.627. The molecule has 0 spiro atoms. The molecule has 0 saturated carbocycles. The van der Waals surface area contributed by atoms with Crippen molar-refractivity contribution in [2.75, 3.05) is 6.54 Å². The second-order valence-corrected chi connectivity index (χ2v) is 7.84. The van der Waals surface area contributed by atoms with Gasteiger partial charge in [-0.25, -0.2) is 0 Å². The van der Waals surface area contributed by atoms with Crippen molar-refractivity contribution in [1.82, 2.24) is 20.4 Å². The first-order valence-corrected chi connectivity index (χ1v) is 9.29. The van der Waals surface area contributed by atoms with E-state index in [4.69, 9.17) is 5.73 Å². The number of hydrogen-bond acceptors (Lipinski definition) is 5. The topological polar surface area (TPSA) is 102 Å². The number of aromatic nitrogens is 2. The van der Waals surface area contributed by atoms with Crippen LogP contribution in [-0.4, -0.2) is 40.2 Å². The lowest BCUT2D eigenvalue weighted by Crippen LogP contribution is -2.50. The van der Waals surface area contributed by atoms with Gasteiger partial charge in [0, 0.05) is 25.0 Å². The third kappa shape index (κ3) is 4.58. The summed E-state index contributed by atoms with van der Waals surface area (Å²) in [5, 5.41) is 11.0. The first-order valence-electron chi connectivity index (χ1n) is 8.47. The molecule has 0 bridgehead atoms. The number of carbonyl (C=O) groups is 2. The van der Waals surface area contributed by atoms with Crippen LogP contribution in [0.5, 0.6) is 0 Å². The molecule has 0 fully saturated rings. The van der Waals surface area contributed by atoms with Gasteiger partial charge in [0.05, 0.1) is 10.6 Å². The van der Waals surface area contributed by atoms with Crippen molar-refractivity contribution < 1.29 is 9.59 Å². The van der Waals surface area contributed by atoms with E-state index in [2.05, 4.69) is 29.6 Å². The molecule has 0 saturated heterocycles. The van der Waals surface area contributed by atoms with Gasteiger partial charge in [-0.2, -0.15) is 5.10 Å². The van der Waals surface area contributed by atoms with Gasteiger partial charge >= 0.3 is 0 Å². The number of thiophene rings is 1. The Morgan fingerprint density at radius 2 is 2.00 bits per heavy atom. The van der Waals surface area contributed by atoms with E-state index in [0.717, 1.165) is 22.3 Å². The number of carbonyl (C=O) groups excluding carboxylic acids is 2. The van der Waals surface area contributed by atoms with Crippen LogP contribution in [0.15, 0.2) is 6.07 Å². The summed E-state index contributed by atoms with van der Waals surface area (Å²) in [5.74, 6) is -0.0334. The van der Waals surface area contributed by atoms with E-state index in [9.17, 15) is 9.59 Å². The predicted molar refractivity (Wildman–Crippen MR) is 101 cm³/mol. The highest BCUT2D eigenvalue weighted by atomic mass is 32.1. The zero-order valence-electron chi connectivity index (χ0n) is 15.4. The van der Waals surface area contributed by atoms with Crippen LogP contribution in [0, 0.1) is 12.8 Å². The summed E-state index contributed by atoms with van der Waals surface area (Å²) >= 11 is 1.37. The Morgan fingerprint density at radius 3 is 2.56 bits per heavy atom. The molecule has 2 heterocycles. The van der Waals surface area contributed by atoms with Crippen LogP contribution in [0.25, 0.3) is 10.2 Å². The summed E-state index contributed by atoms with van der Waals surface area (Å²) in [7, 11) is 1.85. The highest BCUT2D eigenvalue weighted by Gasteiger charge is 2.21. The third-order valence-electron chi connectivity index (χ3n) is 4.05. The van der Waals surface area contributed by atoms with Crippen molar-refractivity contribution in [2.45, 2.75) is 46.2 Å². The van der Waals surface area contributed by atoms with E-state index >= 15 is 0 Å². The van der Waals surface area contributed by atoms with Crippen molar-refractivity contribution in [3.05, 3.63) is 16.6 Å². The largest absolute Gasteiger partial charge is 0.350 e. The van der Waals surface area contributed by atoms with Crippen LogP contribution in [0.1, 0.15) is 42.6 Å². The van der Waals surface area contributed by atoms with Crippen molar-refractivity contribution >= 4 is 33.4 Å². The molecule has 2 unspecified atom stereocenters. The number of rotatable bonds is 7. The Balaban J connectivity index is 2.00. The van der Waals surface area contributed by atoms with E-state index in [1.807, 2.05) is 20.0 Å². The summed E-state index contributed by atoms with van der Waals surface area (Å²) in [6.45, 7) is 8.13. The summed E-state index contributed by atoms with van der Waals surface area (Å²) in [6.07, 6.45) is 0.811. The van der Waals surface area contributed by atoms with Gasteiger partial charge in [-0.1, -0.05) is 13.8 Å². The summed E-state index contributed by atoms with van der Waals surface area (Å²) in [5.41, 5.74) is 6.60. The maximum absolute atomic E-state index is 12.4. The Kier molecular flexibility index (Phi) is 6.18. The maximum atomic E-state index is 12.4. The fourth-order valence-corrected chi connectivity index (χ4v) is 3.79. The van der Waals surface area contributed by atoms with E-state index in [0.29, 0.717) is 17.3 Å². The lowest BCUT2D eigenvalue weighted by molar-refractivity contribution is -0.123. The molecule has 138 valence electrons.